The van der Waals surface area contributed by atoms with Crippen LogP contribution in [0.5, 0.6) is 0 Å². The van der Waals surface area contributed by atoms with Crippen LogP contribution in [0.25, 0.3) is 0 Å². The first-order valence-electron chi connectivity index (χ1n) is 5.15. The molecule has 0 saturated heterocycles. The van der Waals surface area contributed by atoms with Crippen LogP contribution in [0.1, 0.15) is 22.8 Å². The summed E-state index contributed by atoms with van der Waals surface area (Å²) in [4.78, 5) is 12.7. The fourth-order valence-corrected chi connectivity index (χ4v) is 1.63. The molecule has 0 radical (unpaired) electrons. The summed E-state index contributed by atoms with van der Waals surface area (Å²) in [6.07, 6.45) is -0.413. The lowest BCUT2D eigenvalue weighted by atomic mass is 10.1. The first-order chi connectivity index (χ1) is 7.41. The Hall–Kier alpha value is -1.55. The molecule has 1 unspecified atom stereocenters. The monoisotopic (exact) mass is 223 g/mol. The van der Waals surface area contributed by atoms with Gasteiger partial charge in [0, 0.05) is 19.3 Å². The van der Waals surface area contributed by atoms with Crippen LogP contribution in [0, 0.1) is 6.92 Å². The molecule has 88 valence electrons. The molecule has 1 aromatic carbocycles. The second kappa shape index (κ2) is 4.99. The minimum absolute atomic E-state index is 0.314. The van der Waals surface area contributed by atoms with Crippen LogP contribution in [-0.4, -0.2) is 35.9 Å². The largest absolute Gasteiger partial charge is 0.478 e. The molecule has 0 aliphatic carbocycles. The van der Waals surface area contributed by atoms with E-state index in [0.717, 1.165) is 11.3 Å². The lowest BCUT2D eigenvalue weighted by molar-refractivity contribution is 0.0696. The molecule has 0 bridgehead atoms. The molecule has 0 heterocycles. The third-order valence-electron chi connectivity index (χ3n) is 2.42. The number of carboxylic acids is 1. The van der Waals surface area contributed by atoms with Crippen molar-refractivity contribution in [1.29, 1.82) is 0 Å². The standard InChI is InChI=1S/C12H17NO3/c1-8-6-10(13(3)7-9(2)14)4-5-11(8)12(15)16/h4-6,9,14H,7H2,1-3H3,(H,15,16). The molecule has 0 fully saturated rings. The van der Waals surface area contributed by atoms with Gasteiger partial charge in [0.25, 0.3) is 0 Å². The molecule has 0 spiro atoms. The van der Waals surface area contributed by atoms with Crippen molar-refractivity contribution >= 4 is 11.7 Å². The number of aliphatic hydroxyl groups excluding tert-OH is 1. The maximum absolute atomic E-state index is 10.8. The molecule has 0 aromatic heterocycles. The molecular formula is C12H17NO3. The fraction of sp³-hybridized carbons (Fsp3) is 0.417. The molecule has 1 aromatic rings. The molecule has 4 heteroatoms. The summed E-state index contributed by atoms with van der Waals surface area (Å²) in [5.41, 5.74) is 1.94. The zero-order valence-corrected chi connectivity index (χ0v) is 9.77. The van der Waals surface area contributed by atoms with Crippen molar-refractivity contribution in [2.75, 3.05) is 18.5 Å². The molecule has 4 nitrogen and oxygen atoms in total. The number of carbonyl (C=O) groups is 1. The Balaban J connectivity index is 2.92. The van der Waals surface area contributed by atoms with E-state index in [0.29, 0.717) is 12.1 Å². The number of likely N-dealkylation sites (N-methyl/N-ethyl adjacent to an activating group) is 1. The van der Waals surface area contributed by atoms with E-state index in [1.165, 1.54) is 0 Å². The van der Waals surface area contributed by atoms with Crippen LogP contribution in [-0.2, 0) is 0 Å². The molecule has 1 atom stereocenters. The molecule has 0 saturated carbocycles. The highest BCUT2D eigenvalue weighted by Gasteiger charge is 2.10. The average molecular weight is 223 g/mol. The minimum Gasteiger partial charge on any atom is -0.478 e. The third kappa shape index (κ3) is 2.97. The molecular weight excluding hydrogens is 206 g/mol. The first-order valence-corrected chi connectivity index (χ1v) is 5.15. The van der Waals surface area contributed by atoms with E-state index in [4.69, 9.17) is 5.11 Å². The minimum atomic E-state index is -0.915. The van der Waals surface area contributed by atoms with Gasteiger partial charge >= 0.3 is 5.97 Å². The number of anilines is 1. The number of benzene rings is 1. The van der Waals surface area contributed by atoms with Crippen LogP contribution in [0.3, 0.4) is 0 Å². The predicted molar refractivity (Wildman–Crippen MR) is 63.1 cm³/mol. The number of aryl methyl sites for hydroxylation is 1. The number of hydrogen-bond donors (Lipinski definition) is 2. The lowest BCUT2D eigenvalue weighted by Gasteiger charge is -2.21. The Labute approximate surface area is 95.1 Å². The number of rotatable bonds is 4. The van der Waals surface area contributed by atoms with Crippen molar-refractivity contribution in [2.24, 2.45) is 0 Å². The predicted octanol–water partition coefficient (Wildman–Crippen LogP) is 1.51. The number of nitrogens with zero attached hydrogens (tertiary/aromatic N) is 1. The summed E-state index contributed by atoms with van der Waals surface area (Å²) in [5, 5.41) is 18.1. The molecule has 2 N–H and O–H groups in total. The first kappa shape index (κ1) is 12.5. The zero-order valence-electron chi connectivity index (χ0n) is 9.77. The molecule has 0 aliphatic heterocycles. The van der Waals surface area contributed by atoms with E-state index >= 15 is 0 Å². The van der Waals surface area contributed by atoms with Gasteiger partial charge < -0.3 is 15.1 Å². The second-order valence-corrected chi connectivity index (χ2v) is 4.03. The van der Waals surface area contributed by atoms with E-state index in [9.17, 15) is 9.90 Å². The Kier molecular flexibility index (Phi) is 3.90. The van der Waals surface area contributed by atoms with E-state index in [-0.39, 0.29) is 0 Å². The number of carboxylic acid groups (broad SMARTS) is 1. The lowest BCUT2D eigenvalue weighted by Crippen LogP contribution is -2.26. The highest BCUT2D eigenvalue weighted by atomic mass is 16.4. The Morgan fingerprint density at radius 1 is 1.50 bits per heavy atom. The molecule has 16 heavy (non-hydrogen) atoms. The summed E-state index contributed by atoms with van der Waals surface area (Å²) in [5.74, 6) is -0.915. The second-order valence-electron chi connectivity index (χ2n) is 4.03. The molecule has 0 aliphatic rings. The highest BCUT2D eigenvalue weighted by Crippen LogP contribution is 2.18. The maximum atomic E-state index is 10.8. The highest BCUT2D eigenvalue weighted by molar-refractivity contribution is 5.89. The van der Waals surface area contributed by atoms with Crippen molar-refractivity contribution in [2.45, 2.75) is 20.0 Å². The Morgan fingerprint density at radius 2 is 2.12 bits per heavy atom. The zero-order chi connectivity index (χ0) is 12.3. The van der Waals surface area contributed by atoms with Gasteiger partial charge in [0.1, 0.15) is 0 Å². The van der Waals surface area contributed by atoms with Gasteiger partial charge in [0.2, 0.25) is 0 Å². The van der Waals surface area contributed by atoms with Gasteiger partial charge in [-0.1, -0.05) is 0 Å². The average Bonchev–Trinajstić information content (AvgIpc) is 2.15. The summed E-state index contributed by atoms with van der Waals surface area (Å²) < 4.78 is 0. The normalized spacial score (nSPS) is 12.2. The van der Waals surface area contributed by atoms with Crippen molar-refractivity contribution in [3.8, 4) is 0 Å². The van der Waals surface area contributed by atoms with Gasteiger partial charge in [-0.15, -0.1) is 0 Å². The topological polar surface area (TPSA) is 60.8 Å². The third-order valence-corrected chi connectivity index (χ3v) is 2.42. The van der Waals surface area contributed by atoms with Crippen LogP contribution in [0.15, 0.2) is 18.2 Å². The van der Waals surface area contributed by atoms with Gasteiger partial charge in [-0.05, 0) is 37.6 Å². The van der Waals surface area contributed by atoms with E-state index < -0.39 is 12.1 Å². The smallest absolute Gasteiger partial charge is 0.335 e. The fourth-order valence-electron chi connectivity index (χ4n) is 1.63. The summed E-state index contributed by atoms with van der Waals surface area (Å²) >= 11 is 0. The van der Waals surface area contributed by atoms with Gasteiger partial charge in [-0.25, -0.2) is 4.79 Å². The van der Waals surface area contributed by atoms with E-state index in [2.05, 4.69) is 0 Å². The maximum Gasteiger partial charge on any atom is 0.335 e. The number of aliphatic hydroxyl groups is 1. The number of aromatic carboxylic acids is 1. The summed E-state index contributed by atoms with van der Waals surface area (Å²) in [7, 11) is 1.86. The van der Waals surface area contributed by atoms with Crippen molar-refractivity contribution in [1.82, 2.24) is 0 Å². The molecule has 1 rings (SSSR count). The Morgan fingerprint density at radius 3 is 2.56 bits per heavy atom. The van der Waals surface area contributed by atoms with Crippen molar-refractivity contribution < 1.29 is 15.0 Å². The summed E-state index contributed by atoms with van der Waals surface area (Å²) in [6, 6.07) is 5.15. The van der Waals surface area contributed by atoms with Crippen molar-refractivity contribution in [3.05, 3.63) is 29.3 Å². The van der Waals surface area contributed by atoms with Crippen LogP contribution in [0.4, 0.5) is 5.69 Å². The molecule has 0 amide bonds. The van der Waals surface area contributed by atoms with Gasteiger partial charge in [-0.2, -0.15) is 0 Å². The quantitative estimate of drug-likeness (QED) is 0.812. The van der Waals surface area contributed by atoms with Crippen LogP contribution < -0.4 is 4.90 Å². The van der Waals surface area contributed by atoms with Gasteiger partial charge in [0.15, 0.2) is 0 Å². The SMILES string of the molecule is Cc1cc(N(C)CC(C)O)ccc1C(=O)O. The van der Waals surface area contributed by atoms with Gasteiger partial charge in [0.05, 0.1) is 11.7 Å². The van der Waals surface area contributed by atoms with Crippen LogP contribution in [0.2, 0.25) is 0 Å². The summed E-state index contributed by atoms with van der Waals surface area (Å²) in [6.45, 7) is 4.00. The number of hydrogen-bond acceptors (Lipinski definition) is 3. The van der Waals surface area contributed by atoms with Crippen LogP contribution >= 0.6 is 0 Å². The van der Waals surface area contributed by atoms with E-state index in [1.54, 1.807) is 26.0 Å². The Bertz CT molecular complexity index is 388. The van der Waals surface area contributed by atoms with Crippen molar-refractivity contribution in [3.63, 3.8) is 0 Å². The van der Waals surface area contributed by atoms with Gasteiger partial charge in [-0.3, -0.25) is 0 Å². The van der Waals surface area contributed by atoms with E-state index in [1.807, 2.05) is 18.0 Å².